The van der Waals surface area contributed by atoms with Crippen molar-refractivity contribution in [2.45, 2.75) is 24.7 Å². The van der Waals surface area contributed by atoms with E-state index < -0.39 is 10.0 Å². The number of hydrogen-bond donors (Lipinski definition) is 2. The molecule has 0 saturated carbocycles. The Balaban J connectivity index is 1.93. The standard InChI is InChI=1S/C19H24BrN3O3S/c1-3-4-13-23(2)27(25,26)16-11-9-15(10-12-16)21-14-19(24)22-18-8-6-5-7-17(18)20/h5-12,21H,3-4,13-14H2,1-2H3,(H,22,24). The third-order valence-corrected chi connectivity index (χ3v) is 6.55. The molecule has 2 aromatic rings. The minimum Gasteiger partial charge on any atom is -0.376 e. The summed E-state index contributed by atoms with van der Waals surface area (Å²) in [5.41, 5.74) is 1.37. The maximum Gasteiger partial charge on any atom is 0.243 e. The average Bonchev–Trinajstić information content (AvgIpc) is 2.66. The van der Waals surface area contributed by atoms with Crippen molar-refractivity contribution in [1.29, 1.82) is 0 Å². The Morgan fingerprint density at radius 3 is 2.41 bits per heavy atom. The van der Waals surface area contributed by atoms with Crippen LogP contribution in [0.1, 0.15) is 19.8 Å². The van der Waals surface area contributed by atoms with Crippen LogP contribution in [0.5, 0.6) is 0 Å². The summed E-state index contributed by atoms with van der Waals surface area (Å²) in [7, 11) is -1.90. The molecule has 0 fully saturated rings. The van der Waals surface area contributed by atoms with Crippen LogP contribution < -0.4 is 10.6 Å². The smallest absolute Gasteiger partial charge is 0.243 e. The van der Waals surface area contributed by atoms with Crippen molar-refractivity contribution >= 4 is 43.2 Å². The number of carbonyl (C=O) groups is 1. The zero-order valence-electron chi connectivity index (χ0n) is 15.4. The van der Waals surface area contributed by atoms with Crippen molar-refractivity contribution in [3.05, 3.63) is 53.0 Å². The molecule has 6 nitrogen and oxygen atoms in total. The van der Waals surface area contributed by atoms with Crippen molar-refractivity contribution < 1.29 is 13.2 Å². The molecule has 0 aliphatic rings. The lowest BCUT2D eigenvalue weighted by Crippen LogP contribution is -2.28. The van der Waals surface area contributed by atoms with Gasteiger partial charge in [-0.05, 0) is 58.7 Å². The van der Waals surface area contributed by atoms with Gasteiger partial charge in [0, 0.05) is 23.8 Å². The number of anilines is 2. The van der Waals surface area contributed by atoms with Gasteiger partial charge >= 0.3 is 0 Å². The first-order chi connectivity index (χ1) is 12.8. The number of para-hydroxylation sites is 1. The Kier molecular flexibility index (Phi) is 7.82. The second-order valence-electron chi connectivity index (χ2n) is 6.09. The van der Waals surface area contributed by atoms with Gasteiger partial charge < -0.3 is 10.6 Å². The Labute approximate surface area is 169 Å². The van der Waals surface area contributed by atoms with Crippen molar-refractivity contribution in [3.63, 3.8) is 0 Å². The molecule has 0 radical (unpaired) electrons. The van der Waals surface area contributed by atoms with Gasteiger partial charge in [-0.1, -0.05) is 25.5 Å². The Morgan fingerprint density at radius 2 is 1.78 bits per heavy atom. The van der Waals surface area contributed by atoms with Crippen LogP contribution >= 0.6 is 15.9 Å². The number of benzene rings is 2. The summed E-state index contributed by atoms with van der Waals surface area (Å²) in [5.74, 6) is -0.196. The number of nitrogens with zero attached hydrogens (tertiary/aromatic N) is 1. The van der Waals surface area contributed by atoms with Crippen LogP contribution in [0, 0.1) is 0 Å². The van der Waals surface area contributed by atoms with E-state index in [9.17, 15) is 13.2 Å². The van der Waals surface area contributed by atoms with Crippen LogP contribution in [0.2, 0.25) is 0 Å². The number of carbonyl (C=O) groups excluding carboxylic acids is 1. The molecular formula is C19H24BrN3O3S. The summed E-state index contributed by atoms with van der Waals surface area (Å²) < 4.78 is 27.1. The Bertz CT molecular complexity index is 870. The van der Waals surface area contributed by atoms with Gasteiger partial charge in [-0.3, -0.25) is 4.79 Å². The molecule has 0 heterocycles. The first kappa shape index (κ1) is 21.4. The number of hydrogen-bond acceptors (Lipinski definition) is 4. The Morgan fingerprint density at radius 1 is 1.11 bits per heavy atom. The predicted octanol–water partition coefficient (Wildman–Crippen LogP) is 3.92. The number of sulfonamides is 1. The van der Waals surface area contributed by atoms with E-state index in [0.29, 0.717) is 17.9 Å². The summed E-state index contributed by atoms with van der Waals surface area (Å²) >= 11 is 3.38. The fourth-order valence-corrected chi connectivity index (χ4v) is 3.96. The van der Waals surface area contributed by atoms with E-state index in [2.05, 4.69) is 26.6 Å². The lowest BCUT2D eigenvalue weighted by Gasteiger charge is -2.17. The minimum absolute atomic E-state index is 0.0732. The lowest BCUT2D eigenvalue weighted by molar-refractivity contribution is -0.114. The van der Waals surface area contributed by atoms with E-state index >= 15 is 0 Å². The summed E-state index contributed by atoms with van der Waals surface area (Å²) in [6.07, 6.45) is 1.76. The molecule has 0 atom stereocenters. The van der Waals surface area contributed by atoms with Crippen LogP contribution in [0.25, 0.3) is 0 Å². The highest BCUT2D eigenvalue weighted by atomic mass is 79.9. The monoisotopic (exact) mass is 453 g/mol. The van der Waals surface area contributed by atoms with E-state index in [-0.39, 0.29) is 17.3 Å². The van der Waals surface area contributed by atoms with Crippen LogP contribution in [0.3, 0.4) is 0 Å². The van der Waals surface area contributed by atoms with Crippen molar-refractivity contribution in [2.24, 2.45) is 0 Å². The number of amides is 1. The second kappa shape index (κ2) is 9.87. The highest BCUT2D eigenvalue weighted by Crippen LogP contribution is 2.21. The highest BCUT2D eigenvalue weighted by Gasteiger charge is 2.19. The van der Waals surface area contributed by atoms with Crippen LogP contribution in [0.4, 0.5) is 11.4 Å². The molecule has 0 unspecified atom stereocenters. The maximum atomic E-state index is 12.5. The molecule has 1 amide bonds. The largest absolute Gasteiger partial charge is 0.376 e. The SMILES string of the molecule is CCCCN(C)S(=O)(=O)c1ccc(NCC(=O)Nc2ccccc2Br)cc1. The number of rotatable bonds is 9. The second-order valence-corrected chi connectivity index (χ2v) is 8.99. The van der Waals surface area contributed by atoms with E-state index in [1.54, 1.807) is 37.4 Å². The first-order valence-corrected chi connectivity index (χ1v) is 10.9. The molecule has 2 N–H and O–H groups in total. The van der Waals surface area contributed by atoms with E-state index in [1.165, 1.54) is 4.31 Å². The molecule has 2 aromatic carbocycles. The zero-order valence-corrected chi connectivity index (χ0v) is 17.8. The topological polar surface area (TPSA) is 78.5 Å². The highest BCUT2D eigenvalue weighted by molar-refractivity contribution is 9.10. The molecule has 0 aliphatic heterocycles. The van der Waals surface area contributed by atoms with Gasteiger partial charge in [0.15, 0.2) is 0 Å². The van der Waals surface area contributed by atoms with E-state index in [1.807, 2.05) is 25.1 Å². The van der Waals surface area contributed by atoms with Gasteiger partial charge in [0.05, 0.1) is 17.1 Å². The number of nitrogens with one attached hydrogen (secondary N) is 2. The van der Waals surface area contributed by atoms with Crippen LogP contribution in [0.15, 0.2) is 57.9 Å². The van der Waals surface area contributed by atoms with Gasteiger partial charge in [-0.15, -0.1) is 0 Å². The van der Waals surface area contributed by atoms with E-state index in [0.717, 1.165) is 17.3 Å². The average molecular weight is 454 g/mol. The fraction of sp³-hybridized carbons (Fsp3) is 0.316. The molecule has 2 rings (SSSR count). The van der Waals surface area contributed by atoms with Crippen LogP contribution in [-0.4, -0.2) is 38.8 Å². The normalized spacial score (nSPS) is 11.4. The predicted molar refractivity (Wildman–Crippen MR) is 112 cm³/mol. The van der Waals surface area contributed by atoms with Gasteiger partial charge in [-0.2, -0.15) is 0 Å². The van der Waals surface area contributed by atoms with Crippen molar-refractivity contribution in [3.8, 4) is 0 Å². The maximum absolute atomic E-state index is 12.5. The third-order valence-electron chi connectivity index (χ3n) is 3.99. The molecule has 0 spiro atoms. The first-order valence-electron chi connectivity index (χ1n) is 8.69. The van der Waals surface area contributed by atoms with Gasteiger partial charge in [0.25, 0.3) is 0 Å². The third kappa shape index (κ3) is 6.05. The van der Waals surface area contributed by atoms with Gasteiger partial charge in [0.2, 0.25) is 15.9 Å². The zero-order chi connectivity index (χ0) is 19.9. The quantitative estimate of drug-likeness (QED) is 0.602. The molecule has 27 heavy (non-hydrogen) atoms. The van der Waals surface area contributed by atoms with Crippen LogP contribution in [-0.2, 0) is 14.8 Å². The number of unbranched alkanes of at least 4 members (excludes halogenated alkanes) is 1. The Hall–Kier alpha value is -1.90. The lowest BCUT2D eigenvalue weighted by atomic mass is 10.3. The molecular weight excluding hydrogens is 430 g/mol. The molecule has 0 aromatic heterocycles. The summed E-state index contributed by atoms with van der Waals surface area (Å²) in [6, 6.07) is 13.8. The minimum atomic E-state index is -3.48. The molecule has 8 heteroatoms. The van der Waals surface area contributed by atoms with Crippen molar-refractivity contribution in [2.75, 3.05) is 30.8 Å². The molecule has 0 saturated heterocycles. The van der Waals surface area contributed by atoms with Gasteiger partial charge in [0.1, 0.15) is 0 Å². The summed E-state index contributed by atoms with van der Waals surface area (Å²) in [5, 5.41) is 5.79. The van der Waals surface area contributed by atoms with Gasteiger partial charge in [-0.25, -0.2) is 12.7 Å². The molecule has 0 bridgehead atoms. The summed E-state index contributed by atoms with van der Waals surface area (Å²) in [6.45, 7) is 2.59. The van der Waals surface area contributed by atoms with Crippen molar-refractivity contribution in [1.82, 2.24) is 4.31 Å². The van der Waals surface area contributed by atoms with E-state index in [4.69, 9.17) is 0 Å². The molecule has 0 aliphatic carbocycles. The number of halogens is 1. The summed E-state index contributed by atoms with van der Waals surface area (Å²) in [4.78, 5) is 12.3. The molecule has 146 valence electrons. The fourth-order valence-electron chi connectivity index (χ4n) is 2.36.